The molecule has 0 amide bonds. The summed E-state index contributed by atoms with van der Waals surface area (Å²) in [6.45, 7) is 0.638. The highest BCUT2D eigenvalue weighted by Crippen LogP contribution is 2.19. The van der Waals surface area contributed by atoms with Gasteiger partial charge in [-0.05, 0) is 12.1 Å². The van der Waals surface area contributed by atoms with Crippen LogP contribution in [0.3, 0.4) is 0 Å². The van der Waals surface area contributed by atoms with E-state index in [1.807, 2.05) is 48.3 Å². The maximum Gasteiger partial charge on any atom is 0.102 e. The first-order chi connectivity index (χ1) is 9.33. The molecule has 2 aromatic heterocycles. The van der Waals surface area contributed by atoms with Gasteiger partial charge in [0.2, 0.25) is 0 Å². The number of hydrogen-bond acceptors (Lipinski definition) is 4. The molecule has 3 aromatic rings. The fourth-order valence-corrected chi connectivity index (χ4v) is 1.91. The third kappa shape index (κ3) is 2.47. The van der Waals surface area contributed by atoms with E-state index in [1.165, 1.54) is 0 Å². The maximum atomic E-state index is 4.07. The molecule has 0 aliphatic heterocycles. The van der Waals surface area contributed by atoms with E-state index in [-0.39, 0.29) is 0 Å². The lowest BCUT2D eigenvalue weighted by atomic mass is 10.2. The average molecular weight is 254 g/mol. The Hall–Kier alpha value is -2.63. The van der Waals surface area contributed by atoms with Gasteiger partial charge in [-0.2, -0.15) is 0 Å². The summed E-state index contributed by atoms with van der Waals surface area (Å²) in [5, 5.41) is 11.3. The molecule has 19 heavy (non-hydrogen) atoms. The van der Waals surface area contributed by atoms with Gasteiger partial charge in [-0.1, -0.05) is 17.3 Å². The molecule has 0 saturated carbocycles. The van der Waals surface area contributed by atoms with E-state index >= 15 is 0 Å². The molecule has 1 N–H and O–H groups in total. The molecule has 0 unspecified atom stereocenters. The predicted molar refractivity (Wildman–Crippen MR) is 71.9 cm³/mol. The van der Waals surface area contributed by atoms with Crippen molar-refractivity contribution in [1.82, 2.24) is 24.5 Å². The van der Waals surface area contributed by atoms with Crippen LogP contribution in [0.2, 0.25) is 0 Å². The molecule has 2 heterocycles. The van der Waals surface area contributed by atoms with E-state index in [4.69, 9.17) is 0 Å². The van der Waals surface area contributed by atoms with Crippen molar-refractivity contribution >= 4 is 5.69 Å². The zero-order chi connectivity index (χ0) is 13.1. The standard InChI is InChI=1S/C13H14N6/c1-18-9-11(16-17-18)8-15-12-4-2-3-5-13(12)19-7-6-14-10-19/h2-7,9-10,15H,8H2,1H3. The van der Waals surface area contributed by atoms with Crippen LogP contribution in [0.5, 0.6) is 0 Å². The van der Waals surface area contributed by atoms with Gasteiger partial charge in [0.1, 0.15) is 5.69 Å². The highest BCUT2D eigenvalue weighted by molar-refractivity contribution is 5.60. The van der Waals surface area contributed by atoms with E-state index < -0.39 is 0 Å². The minimum Gasteiger partial charge on any atom is -0.378 e. The summed E-state index contributed by atoms with van der Waals surface area (Å²) in [4.78, 5) is 4.07. The van der Waals surface area contributed by atoms with Crippen LogP contribution in [0.1, 0.15) is 5.69 Å². The number of nitrogens with zero attached hydrogens (tertiary/aromatic N) is 5. The highest BCUT2D eigenvalue weighted by atomic mass is 15.4. The van der Waals surface area contributed by atoms with Crippen molar-refractivity contribution in [3.63, 3.8) is 0 Å². The molecule has 0 fully saturated rings. The highest BCUT2D eigenvalue weighted by Gasteiger charge is 2.04. The Bertz CT molecular complexity index is 655. The third-order valence-electron chi connectivity index (χ3n) is 2.80. The van der Waals surface area contributed by atoms with E-state index in [9.17, 15) is 0 Å². The van der Waals surface area contributed by atoms with Gasteiger partial charge in [0, 0.05) is 25.6 Å². The van der Waals surface area contributed by atoms with Crippen LogP contribution in [-0.2, 0) is 13.6 Å². The normalized spacial score (nSPS) is 10.6. The van der Waals surface area contributed by atoms with Crippen molar-refractivity contribution in [2.45, 2.75) is 6.54 Å². The largest absolute Gasteiger partial charge is 0.378 e. The second kappa shape index (κ2) is 4.93. The van der Waals surface area contributed by atoms with Gasteiger partial charge in [-0.25, -0.2) is 4.98 Å². The summed E-state index contributed by atoms with van der Waals surface area (Å²) in [5.74, 6) is 0. The molecule has 3 rings (SSSR count). The van der Waals surface area contributed by atoms with Gasteiger partial charge in [-0.3, -0.25) is 4.68 Å². The number of imidazole rings is 1. The molecule has 0 aliphatic carbocycles. The van der Waals surface area contributed by atoms with Crippen molar-refractivity contribution in [2.24, 2.45) is 7.05 Å². The summed E-state index contributed by atoms with van der Waals surface area (Å²) in [6, 6.07) is 8.08. The van der Waals surface area contributed by atoms with E-state index in [1.54, 1.807) is 17.2 Å². The molecule has 0 bridgehead atoms. The van der Waals surface area contributed by atoms with Gasteiger partial charge < -0.3 is 9.88 Å². The summed E-state index contributed by atoms with van der Waals surface area (Å²) in [7, 11) is 1.86. The number of nitrogens with one attached hydrogen (secondary N) is 1. The summed E-state index contributed by atoms with van der Waals surface area (Å²) in [5.41, 5.74) is 3.00. The van der Waals surface area contributed by atoms with Crippen molar-refractivity contribution in [1.29, 1.82) is 0 Å². The number of benzene rings is 1. The topological polar surface area (TPSA) is 60.6 Å². The van der Waals surface area contributed by atoms with Gasteiger partial charge in [0.05, 0.1) is 24.2 Å². The first kappa shape index (κ1) is 11.5. The van der Waals surface area contributed by atoms with Gasteiger partial charge in [-0.15, -0.1) is 5.10 Å². The van der Waals surface area contributed by atoms with Crippen molar-refractivity contribution in [2.75, 3.05) is 5.32 Å². The Balaban J connectivity index is 1.81. The zero-order valence-corrected chi connectivity index (χ0v) is 10.6. The predicted octanol–water partition coefficient (Wildman–Crippen LogP) is 1.61. The number of aryl methyl sites for hydroxylation is 1. The molecular formula is C13H14N6. The van der Waals surface area contributed by atoms with E-state index in [2.05, 4.69) is 20.6 Å². The molecule has 96 valence electrons. The lowest BCUT2D eigenvalue weighted by Crippen LogP contribution is -2.03. The number of aromatic nitrogens is 5. The maximum absolute atomic E-state index is 4.07. The number of anilines is 1. The number of para-hydroxylation sites is 2. The van der Waals surface area contributed by atoms with Gasteiger partial charge in [0.15, 0.2) is 0 Å². The van der Waals surface area contributed by atoms with Crippen LogP contribution in [0.4, 0.5) is 5.69 Å². The Morgan fingerprint density at radius 2 is 2.16 bits per heavy atom. The van der Waals surface area contributed by atoms with Crippen molar-refractivity contribution < 1.29 is 0 Å². The van der Waals surface area contributed by atoms with Crippen LogP contribution in [0, 0.1) is 0 Å². The summed E-state index contributed by atoms with van der Waals surface area (Å²) in [6.07, 6.45) is 7.36. The van der Waals surface area contributed by atoms with Gasteiger partial charge >= 0.3 is 0 Å². The molecule has 0 atom stereocenters. The van der Waals surface area contributed by atoms with E-state index in [0.717, 1.165) is 17.1 Å². The zero-order valence-electron chi connectivity index (χ0n) is 10.6. The molecule has 0 radical (unpaired) electrons. The van der Waals surface area contributed by atoms with Crippen LogP contribution >= 0.6 is 0 Å². The second-order valence-corrected chi connectivity index (χ2v) is 4.22. The lowest BCUT2D eigenvalue weighted by molar-refractivity contribution is 0.713. The first-order valence-corrected chi connectivity index (χ1v) is 5.99. The quantitative estimate of drug-likeness (QED) is 0.768. The molecule has 6 heteroatoms. The molecule has 0 saturated heterocycles. The Kier molecular flexibility index (Phi) is 2.97. The van der Waals surface area contributed by atoms with Crippen molar-refractivity contribution in [3.8, 4) is 5.69 Å². The molecular weight excluding hydrogens is 240 g/mol. The Morgan fingerprint density at radius 3 is 2.89 bits per heavy atom. The molecule has 6 nitrogen and oxygen atoms in total. The van der Waals surface area contributed by atoms with Crippen LogP contribution in [0.15, 0.2) is 49.2 Å². The van der Waals surface area contributed by atoms with Crippen LogP contribution < -0.4 is 5.32 Å². The SMILES string of the molecule is Cn1cc(CNc2ccccc2-n2ccnc2)nn1. The monoisotopic (exact) mass is 254 g/mol. The van der Waals surface area contributed by atoms with Gasteiger partial charge in [0.25, 0.3) is 0 Å². The summed E-state index contributed by atoms with van der Waals surface area (Å²) < 4.78 is 3.66. The summed E-state index contributed by atoms with van der Waals surface area (Å²) >= 11 is 0. The average Bonchev–Trinajstić information content (AvgIpc) is 3.08. The second-order valence-electron chi connectivity index (χ2n) is 4.22. The number of hydrogen-bond donors (Lipinski definition) is 1. The first-order valence-electron chi connectivity index (χ1n) is 5.99. The Morgan fingerprint density at radius 1 is 1.26 bits per heavy atom. The van der Waals surface area contributed by atoms with Crippen LogP contribution in [0.25, 0.3) is 5.69 Å². The minimum absolute atomic E-state index is 0.638. The third-order valence-corrected chi connectivity index (χ3v) is 2.80. The minimum atomic E-state index is 0.638. The molecule has 1 aromatic carbocycles. The Labute approximate surface area is 110 Å². The van der Waals surface area contributed by atoms with Crippen LogP contribution in [-0.4, -0.2) is 24.5 Å². The fourth-order valence-electron chi connectivity index (χ4n) is 1.91. The van der Waals surface area contributed by atoms with Crippen molar-refractivity contribution in [3.05, 3.63) is 54.9 Å². The molecule has 0 aliphatic rings. The van der Waals surface area contributed by atoms with E-state index in [0.29, 0.717) is 6.54 Å². The lowest BCUT2D eigenvalue weighted by Gasteiger charge is -2.11. The fraction of sp³-hybridized carbons (Fsp3) is 0.154. The molecule has 0 spiro atoms. The smallest absolute Gasteiger partial charge is 0.102 e. The number of rotatable bonds is 4.